The monoisotopic (exact) mass is 548 g/mol. The molecule has 1 heterocycles. The minimum absolute atomic E-state index is 0.0555. The van der Waals surface area contributed by atoms with Gasteiger partial charge in [-0.15, -0.1) is 0 Å². The van der Waals surface area contributed by atoms with Crippen molar-refractivity contribution >= 4 is 52.4 Å². The Hall–Kier alpha value is -2.08. The molecule has 1 saturated carbocycles. The van der Waals surface area contributed by atoms with Gasteiger partial charge in [-0.05, 0) is 81.0 Å². The highest BCUT2D eigenvalue weighted by atomic mass is 35.5. The predicted octanol–water partition coefficient (Wildman–Crippen LogP) is 6.50. The molecule has 2 aromatic rings. The summed E-state index contributed by atoms with van der Waals surface area (Å²) < 4.78 is 0. The van der Waals surface area contributed by atoms with E-state index in [-0.39, 0.29) is 41.4 Å². The largest absolute Gasteiger partial charge is 0.342 e. The van der Waals surface area contributed by atoms with Gasteiger partial charge in [0.25, 0.3) is 5.91 Å². The van der Waals surface area contributed by atoms with Crippen LogP contribution >= 0.6 is 34.8 Å². The quantitative estimate of drug-likeness (QED) is 0.428. The van der Waals surface area contributed by atoms with E-state index in [1.54, 1.807) is 42.2 Å². The standard InChI is InChI=1S/C28H31Cl3N2O3/c1-17(34)18-3-5-20(6-4-18)28(36)33-14-13-26(23(16-33)21-9-12-24(30)25(31)15-21)32(2)27(35)19-7-10-22(29)11-8-19/h7-12,15,18,20,23,26H,3-6,13-14,16H2,1-2H3/t18?,20?,23-,26+/m0/s1. The first kappa shape index (κ1) is 27.0. The Bertz CT molecular complexity index is 1130. The molecule has 2 aromatic carbocycles. The van der Waals surface area contributed by atoms with Crippen LogP contribution < -0.4 is 0 Å². The van der Waals surface area contributed by atoms with E-state index < -0.39 is 0 Å². The second-order valence-corrected chi connectivity index (χ2v) is 11.3. The van der Waals surface area contributed by atoms with Crippen LogP contribution in [0.15, 0.2) is 42.5 Å². The molecule has 192 valence electrons. The number of amides is 2. The molecule has 2 fully saturated rings. The van der Waals surface area contributed by atoms with Crippen molar-refractivity contribution in [1.29, 1.82) is 0 Å². The van der Waals surface area contributed by atoms with Gasteiger partial charge in [-0.3, -0.25) is 14.4 Å². The molecule has 1 aliphatic carbocycles. The summed E-state index contributed by atoms with van der Waals surface area (Å²) in [5, 5.41) is 1.49. The van der Waals surface area contributed by atoms with Gasteiger partial charge in [-0.1, -0.05) is 40.9 Å². The van der Waals surface area contributed by atoms with Gasteiger partial charge in [0.1, 0.15) is 5.78 Å². The zero-order valence-electron chi connectivity index (χ0n) is 20.6. The molecule has 0 spiro atoms. The molecule has 0 N–H and O–H groups in total. The van der Waals surface area contributed by atoms with Crippen LogP contribution in [-0.4, -0.2) is 53.6 Å². The van der Waals surface area contributed by atoms with Crippen LogP contribution in [0.4, 0.5) is 0 Å². The van der Waals surface area contributed by atoms with Gasteiger partial charge in [0.2, 0.25) is 5.91 Å². The molecule has 0 aromatic heterocycles. The number of ketones is 1. The number of carbonyl (C=O) groups excluding carboxylic acids is 3. The van der Waals surface area contributed by atoms with Crippen molar-refractivity contribution in [2.75, 3.05) is 20.1 Å². The molecule has 4 rings (SSSR count). The first-order valence-corrected chi connectivity index (χ1v) is 13.6. The molecule has 2 aliphatic rings. The van der Waals surface area contributed by atoms with Gasteiger partial charge >= 0.3 is 0 Å². The Labute approximate surface area is 227 Å². The maximum atomic E-state index is 13.5. The van der Waals surface area contributed by atoms with Gasteiger partial charge in [-0.25, -0.2) is 0 Å². The minimum Gasteiger partial charge on any atom is -0.342 e. The predicted molar refractivity (Wildman–Crippen MR) is 144 cm³/mol. The number of carbonyl (C=O) groups is 3. The molecule has 0 unspecified atom stereocenters. The van der Waals surface area contributed by atoms with Gasteiger partial charge < -0.3 is 9.80 Å². The zero-order valence-corrected chi connectivity index (χ0v) is 22.8. The number of Topliss-reactive ketones (excluding diaryl/α,β-unsaturated/α-hetero) is 1. The number of piperidine rings is 1. The van der Waals surface area contributed by atoms with E-state index >= 15 is 0 Å². The lowest BCUT2D eigenvalue weighted by atomic mass is 9.79. The van der Waals surface area contributed by atoms with Crippen molar-refractivity contribution < 1.29 is 14.4 Å². The molecule has 2 amide bonds. The summed E-state index contributed by atoms with van der Waals surface area (Å²) in [6, 6.07) is 12.3. The number of benzene rings is 2. The Balaban J connectivity index is 1.55. The number of hydrogen-bond acceptors (Lipinski definition) is 3. The van der Waals surface area contributed by atoms with Crippen molar-refractivity contribution in [3.05, 3.63) is 68.7 Å². The van der Waals surface area contributed by atoms with E-state index in [4.69, 9.17) is 34.8 Å². The van der Waals surface area contributed by atoms with Crippen LogP contribution in [0.25, 0.3) is 0 Å². The lowest BCUT2D eigenvalue weighted by Gasteiger charge is -2.44. The number of likely N-dealkylation sites (tertiary alicyclic amines) is 1. The third kappa shape index (κ3) is 5.90. The SMILES string of the molecule is CC(=O)C1CCC(C(=O)N2CC[C@@H](N(C)C(=O)c3ccc(Cl)cc3)[C@H](c3ccc(Cl)c(Cl)c3)C2)CC1. The molecular weight excluding hydrogens is 519 g/mol. The van der Waals surface area contributed by atoms with Crippen molar-refractivity contribution in [2.24, 2.45) is 11.8 Å². The second-order valence-electron chi connectivity index (χ2n) is 10.0. The normalized spacial score (nSPS) is 24.3. The van der Waals surface area contributed by atoms with Crippen LogP contribution in [0.2, 0.25) is 15.1 Å². The Morgan fingerprint density at radius 1 is 0.861 bits per heavy atom. The number of halogens is 3. The minimum atomic E-state index is -0.122. The fourth-order valence-corrected chi connectivity index (χ4v) is 6.06. The smallest absolute Gasteiger partial charge is 0.253 e. The van der Waals surface area contributed by atoms with E-state index in [0.717, 1.165) is 31.2 Å². The second kappa shape index (κ2) is 11.5. The first-order valence-electron chi connectivity index (χ1n) is 12.4. The van der Waals surface area contributed by atoms with Gasteiger partial charge in [-0.2, -0.15) is 0 Å². The summed E-state index contributed by atoms with van der Waals surface area (Å²) in [6.07, 6.45) is 3.69. The summed E-state index contributed by atoms with van der Waals surface area (Å²) in [6.45, 7) is 2.71. The van der Waals surface area contributed by atoms with E-state index in [1.165, 1.54) is 0 Å². The zero-order chi connectivity index (χ0) is 26.0. The molecule has 2 atom stereocenters. The summed E-state index contributed by atoms with van der Waals surface area (Å²) in [7, 11) is 1.81. The maximum absolute atomic E-state index is 13.5. The van der Waals surface area contributed by atoms with Crippen molar-refractivity contribution in [1.82, 2.24) is 9.80 Å². The van der Waals surface area contributed by atoms with Crippen LogP contribution in [0, 0.1) is 11.8 Å². The van der Waals surface area contributed by atoms with E-state index in [1.807, 2.05) is 24.1 Å². The van der Waals surface area contributed by atoms with E-state index in [0.29, 0.717) is 40.1 Å². The van der Waals surface area contributed by atoms with Crippen LogP contribution in [0.3, 0.4) is 0 Å². The molecule has 8 heteroatoms. The van der Waals surface area contributed by atoms with Crippen LogP contribution in [0.5, 0.6) is 0 Å². The summed E-state index contributed by atoms with van der Waals surface area (Å²) in [5.74, 6) is 0.176. The van der Waals surface area contributed by atoms with Crippen molar-refractivity contribution in [3.8, 4) is 0 Å². The van der Waals surface area contributed by atoms with Crippen molar-refractivity contribution in [2.45, 2.75) is 51.0 Å². The van der Waals surface area contributed by atoms with Gasteiger partial charge in [0.15, 0.2) is 0 Å². The van der Waals surface area contributed by atoms with Crippen molar-refractivity contribution in [3.63, 3.8) is 0 Å². The van der Waals surface area contributed by atoms with E-state index in [2.05, 4.69) is 0 Å². The number of likely N-dealkylation sites (N-methyl/N-ethyl adjacent to an activating group) is 1. The average Bonchev–Trinajstić information content (AvgIpc) is 2.89. The fourth-order valence-electron chi connectivity index (χ4n) is 5.63. The third-order valence-corrected chi connectivity index (χ3v) is 8.81. The fraction of sp³-hybridized carbons (Fsp3) is 0.464. The van der Waals surface area contributed by atoms with Crippen LogP contribution in [-0.2, 0) is 9.59 Å². The summed E-state index contributed by atoms with van der Waals surface area (Å²) in [4.78, 5) is 42.3. The highest BCUT2D eigenvalue weighted by molar-refractivity contribution is 6.42. The molecule has 1 aliphatic heterocycles. The molecule has 5 nitrogen and oxygen atoms in total. The highest BCUT2D eigenvalue weighted by Crippen LogP contribution is 2.37. The molecule has 1 saturated heterocycles. The molecule has 0 radical (unpaired) electrons. The number of nitrogens with zero attached hydrogens (tertiary/aromatic N) is 2. The lowest BCUT2D eigenvalue weighted by Crippen LogP contribution is -2.53. The number of hydrogen-bond donors (Lipinski definition) is 0. The molecular formula is C28H31Cl3N2O3. The van der Waals surface area contributed by atoms with Gasteiger partial charge in [0.05, 0.1) is 10.0 Å². The summed E-state index contributed by atoms with van der Waals surface area (Å²) in [5.41, 5.74) is 1.51. The van der Waals surface area contributed by atoms with Gasteiger partial charge in [0, 0.05) is 54.5 Å². The summed E-state index contributed by atoms with van der Waals surface area (Å²) >= 11 is 18.5. The Kier molecular flexibility index (Phi) is 8.64. The molecule has 0 bridgehead atoms. The first-order chi connectivity index (χ1) is 17.2. The highest BCUT2D eigenvalue weighted by Gasteiger charge is 2.39. The Morgan fingerprint density at radius 2 is 1.50 bits per heavy atom. The third-order valence-electron chi connectivity index (χ3n) is 7.82. The topological polar surface area (TPSA) is 57.7 Å². The number of rotatable bonds is 5. The molecule has 36 heavy (non-hydrogen) atoms. The van der Waals surface area contributed by atoms with Crippen LogP contribution in [0.1, 0.15) is 60.9 Å². The van der Waals surface area contributed by atoms with E-state index in [9.17, 15) is 14.4 Å². The Morgan fingerprint density at radius 3 is 2.11 bits per heavy atom. The average molecular weight is 550 g/mol. The maximum Gasteiger partial charge on any atom is 0.253 e. The lowest BCUT2D eigenvalue weighted by molar-refractivity contribution is -0.139.